The summed E-state index contributed by atoms with van der Waals surface area (Å²) in [6.07, 6.45) is 11.1. The largest absolute Gasteiger partial charge is 0.314 e. The van der Waals surface area contributed by atoms with Gasteiger partial charge in [0.1, 0.15) is 0 Å². The Bertz CT molecular complexity index is 379. The zero-order valence-corrected chi connectivity index (χ0v) is 13.3. The van der Waals surface area contributed by atoms with Crippen molar-refractivity contribution in [1.82, 2.24) is 5.32 Å². The summed E-state index contributed by atoms with van der Waals surface area (Å²) >= 11 is 0. The molecule has 0 amide bonds. The predicted octanol–water partition coefficient (Wildman–Crippen LogP) is 4.88. The summed E-state index contributed by atoms with van der Waals surface area (Å²) < 4.78 is 0. The Balaban J connectivity index is 1.87. The average Bonchev–Trinajstić information content (AvgIpc) is 2.97. The molecule has 1 unspecified atom stereocenters. The van der Waals surface area contributed by atoms with Crippen molar-refractivity contribution in [3.63, 3.8) is 0 Å². The van der Waals surface area contributed by atoms with Crippen LogP contribution in [0.3, 0.4) is 0 Å². The second-order valence-corrected chi connectivity index (χ2v) is 6.51. The molecule has 1 nitrogen and oxygen atoms in total. The SMILES string of the molecule is CCCNC(CCC1CCCC1)Cc1ccccc1C. The van der Waals surface area contributed by atoms with E-state index < -0.39 is 0 Å². The summed E-state index contributed by atoms with van der Waals surface area (Å²) in [5.74, 6) is 1.01. The number of hydrogen-bond acceptors (Lipinski definition) is 1. The van der Waals surface area contributed by atoms with Crippen LogP contribution in [0.5, 0.6) is 0 Å². The van der Waals surface area contributed by atoms with Crippen LogP contribution in [-0.2, 0) is 6.42 Å². The number of hydrogen-bond donors (Lipinski definition) is 1. The molecule has 1 aliphatic rings. The first kappa shape index (κ1) is 15.6. The highest BCUT2D eigenvalue weighted by Crippen LogP contribution is 2.29. The number of benzene rings is 1. The van der Waals surface area contributed by atoms with Gasteiger partial charge in [-0.2, -0.15) is 0 Å². The monoisotopic (exact) mass is 273 g/mol. The van der Waals surface area contributed by atoms with Crippen LogP contribution in [0.1, 0.15) is 63.0 Å². The number of rotatable bonds is 8. The fourth-order valence-corrected chi connectivity index (χ4v) is 3.47. The third kappa shape index (κ3) is 4.94. The van der Waals surface area contributed by atoms with Gasteiger partial charge in [0, 0.05) is 6.04 Å². The molecular formula is C19H31N. The number of nitrogens with one attached hydrogen (secondary N) is 1. The van der Waals surface area contributed by atoms with E-state index in [2.05, 4.69) is 43.4 Å². The predicted molar refractivity (Wildman–Crippen MR) is 88.2 cm³/mol. The molecule has 0 heterocycles. The van der Waals surface area contributed by atoms with Gasteiger partial charge in [-0.3, -0.25) is 0 Å². The summed E-state index contributed by atoms with van der Waals surface area (Å²) in [5, 5.41) is 3.77. The first-order chi connectivity index (χ1) is 9.79. The van der Waals surface area contributed by atoms with E-state index in [0.717, 1.165) is 12.5 Å². The Morgan fingerprint density at radius 3 is 2.65 bits per heavy atom. The van der Waals surface area contributed by atoms with Gasteiger partial charge in [-0.05, 0) is 56.2 Å². The average molecular weight is 273 g/mol. The Labute approximate surface area is 125 Å². The maximum atomic E-state index is 3.77. The van der Waals surface area contributed by atoms with Crippen molar-refractivity contribution in [3.05, 3.63) is 35.4 Å². The smallest absolute Gasteiger partial charge is 0.0108 e. The molecule has 2 rings (SSSR count). The molecule has 1 N–H and O–H groups in total. The van der Waals surface area contributed by atoms with Gasteiger partial charge in [-0.1, -0.05) is 56.9 Å². The van der Waals surface area contributed by atoms with E-state index in [1.807, 2.05) is 0 Å². The molecule has 0 spiro atoms. The summed E-state index contributed by atoms with van der Waals surface area (Å²) in [6.45, 7) is 5.65. The van der Waals surface area contributed by atoms with Crippen LogP contribution in [0.2, 0.25) is 0 Å². The minimum absolute atomic E-state index is 0.664. The highest BCUT2D eigenvalue weighted by molar-refractivity contribution is 5.26. The lowest BCUT2D eigenvalue weighted by Gasteiger charge is -2.21. The first-order valence-corrected chi connectivity index (χ1v) is 8.57. The molecule has 1 atom stereocenters. The summed E-state index contributed by atoms with van der Waals surface area (Å²) in [4.78, 5) is 0. The van der Waals surface area contributed by atoms with Crippen LogP contribution in [0, 0.1) is 12.8 Å². The summed E-state index contributed by atoms with van der Waals surface area (Å²) in [6, 6.07) is 9.52. The fraction of sp³-hybridized carbons (Fsp3) is 0.684. The molecule has 1 aromatic rings. The van der Waals surface area contributed by atoms with E-state index in [1.165, 1.54) is 62.5 Å². The van der Waals surface area contributed by atoms with Gasteiger partial charge >= 0.3 is 0 Å². The Hall–Kier alpha value is -0.820. The van der Waals surface area contributed by atoms with Gasteiger partial charge in [-0.25, -0.2) is 0 Å². The minimum Gasteiger partial charge on any atom is -0.314 e. The molecule has 0 saturated heterocycles. The molecule has 1 aromatic carbocycles. The van der Waals surface area contributed by atoms with Crippen molar-refractivity contribution >= 4 is 0 Å². The van der Waals surface area contributed by atoms with Crippen LogP contribution in [0.4, 0.5) is 0 Å². The zero-order chi connectivity index (χ0) is 14.2. The van der Waals surface area contributed by atoms with Crippen molar-refractivity contribution < 1.29 is 0 Å². The third-order valence-electron chi connectivity index (χ3n) is 4.81. The van der Waals surface area contributed by atoms with E-state index in [4.69, 9.17) is 0 Å². The summed E-state index contributed by atoms with van der Waals surface area (Å²) in [7, 11) is 0. The van der Waals surface area contributed by atoms with E-state index in [9.17, 15) is 0 Å². The molecule has 20 heavy (non-hydrogen) atoms. The lowest BCUT2D eigenvalue weighted by molar-refractivity contribution is 0.402. The van der Waals surface area contributed by atoms with E-state index in [1.54, 1.807) is 0 Å². The second kappa shape index (κ2) is 8.46. The van der Waals surface area contributed by atoms with Crippen LogP contribution < -0.4 is 5.32 Å². The van der Waals surface area contributed by atoms with E-state index >= 15 is 0 Å². The van der Waals surface area contributed by atoms with Crippen LogP contribution >= 0.6 is 0 Å². The highest BCUT2D eigenvalue weighted by atomic mass is 14.9. The molecule has 0 radical (unpaired) electrons. The fourth-order valence-electron chi connectivity index (χ4n) is 3.47. The van der Waals surface area contributed by atoms with Gasteiger partial charge in [0.2, 0.25) is 0 Å². The molecule has 1 aliphatic carbocycles. The molecule has 112 valence electrons. The maximum absolute atomic E-state index is 3.77. The van der Waals surface area contributed by atoms with Gasteiger partial charge < -0.3 is 5.32 Å². The molecule has 0 bridgehead atoms. The van der Waals surface area contributed by atoms with Gasteiger partial charge in [-0.15, -0.1) is 0 Å². The normalized spacial score (nSPS) is 17.5. The van der Waals surface area contributed by atoms with E-state index in [-0.39, 0.29) is 0 Å². The van der Waals surface area contributed by atoms with Crippen LogP contribution in [0.25, 0.3) is 0 Å². The van der Waals surface area contributed by atoms with Crippen molar-refractivity contribution in [3.8, 4) is 0 Å². The summed E-state index contributed by atoms with van der Waals surface area (Å²) in [5.41, 5.74) is 2.96. The standard InChI is InChI=1S/C19H31N/c1-3-14-20-19(13-12-17-9-5-6-10-17)15-18-11-7-4-8-16(18)2/h4,7-8,11,17,19-20H,3,5-6,9-10,12-15H2,1-2H3. The Morgan fingerprint density at radius 1 is 1.20 bits per heavy atom. The highest BCUT2D eigenvalue weighted by Gasteiger charge is 2.17. The molecular weight excluding hydrogens is 242 g/mol. The number of aryl methyl sites for hydroxylation is 1. The molecule has 1 fully saturated rings. The lowest BCUT2D eigenvalue weighted by Crippen LogP contribution is -2.32. The third-order valence-corrected chi connectivity index (χ3v) is 4.81. The molecule has 1 saturated carbocycles. The first-order valence-electron chi connectivity index (χ1n) is 8.57. The molecule has 0 aliphatic heterocycles. The topological polar surface area (TPSA) is 12.0 Å². The Kier molecular flexibility index (Phi) is 6.59. The zero-order valence-electron chi connectivity index (χ0n) is 13.3. The van der Waals surface area contributed by atoms with E-state index in [0.29, 0.717) is 6.04 Å². The quantitative estimate of drug-likeness (QED) is 0.712. The van der Waals surface area contributed by atoms with Crippen molar-refractivity contribution in [2.45, 2.75) is 71.3 Å². The second-order valence-electron chi connectivity index (χ2n) is 6.51. The Morgan fingerprint density at radius 2 is 1.95 bits per heavy atom. The van der Waals surface area contributed by atoms with Gasteiger partial charge in [0.15, 0.2) is 0 Å². The molecule has 1 heteroatoms. The van der Waals surface area contributed by atoms with Crippen molar-refractivity contribution in [2.24, 2.45) is 5.92 Å². The lowest BCUT2D eigenvalue weighted by atomic mass is 9.93. The van der Waals surface area contributed by atoms with Gasteiger partial charge in [0.25, 0.3) is 0 Å². The van der Waals surface area contributed by atoms with Crippen molar-refractivity contribution in [2.75, 3.05) is 6.54 Å². The van der Waals surface area contributed by atoms with Crippen LogP contribution in [0.15, 0.2) is 24.3 Å². The maximum Gasteiger partial charge on any atom is 0.0108 e. The molecule has 0 aromatic heterocycles. The van der Waals surface area contributed by atoms with Gasteiger partial charge in [0.05, 0.1) is 0 Å². The minimum atomic E-state index is 0.664. The van der Waals surface area contributed by atoms with Crippen molar-refractivity contribution in [1.29, 1.82) is 0 Å². The van der Waals surface area contributed by atoms with Crippen LogP contribution in [-0.4, -0.2) is 12.6 Å².